The molecular formula is C11H14LiN. The first-order chi connectivity index (χ1) is 5.90. The second-order valence-corrected chi connectivity index (χ2v) is 3.30. The number of pyridine rings is 1. The number of fused-ring (bicyclic) bond motifs is 1. The average Bonchev–Trinajstić information content (AvgIpc) is 2.17. The van der Waals surface area contributed by atoms with E-state index in [1.54, 1.807) is 0 Å². The molecule has 1 aromatic heterocycles. The Labute approximate surface area is 92.1 Å². The van der Waals surface area contributed by atoms with E-state index in [0.717, 1.165) is 6.42 Å². The number of hydrogen-bond acceptors (Lipinski definition) is 1. The summed E-state index contributed by atoms with van der Waals surface area (Å²) < 4.78 is 0. The van der Waals surface area contributed by atoms with Crippen LogP contribution in [0.15, 0.2) is 12.1 Å². The molecule has 1 nitrogen and oxygen atoms in total. The van der Waals surface area contributed by atoms with Gasteiger partial charge in [-0.15, -0.1) is 12.5 Å². The van der Waals surface area contributed by atoms with Gasteiger partial charge in [0, 0.05) is 5.69 Å². The Bertz CT molecular complexity index is 283. The van der Waals surface area contributed by atoms with Crippen LogP contribution >= 0.6 is 0 Å². The fourth-order valence-electron chi connectivity index (χ4n) is 1.66. The van der Waals surface area contributed by atoms with Gasteiger partial charge in [-0.05, 0) is 6.42 Å². The van der Waals surface area contributed by atoms with Crippen molar-refractivity contribution in [2.75, 3.05) is 0 Å². The number of nitrogens with zero attached hydrogens (tertiary/aromatic N) is 1. The van der Waals surface area contributed by atoms with Gasteiger partial charge in [0.25, 0.3) is 0 Å². The smallest absolute Gasteiger partial charge is 0.292 e. The average molecular weight is 167 g/mol. The summed E-state index contributed by atoms with van der Waals surface area (Å²) in [5.41, 5.74) is 3.88. The van der Waals surface area contributed by atoms with Gasteiger partial charge in [0.1, 0.15) is 0 Å². The third kappa shape index (κ3) is 2.30. The fourth-order valence-corrected chi connectivity index (χ4v) is 1.66. The molecule has 0 amide bonds. The molecule has 0 aliphatic heterocycles. The molecule has 0 bridgehead atoms. The molecule has 0 spiro atoms. The van der Waals surface area contributed by atoms with Crippen molar-refractivity contribution in [2.24, 2.45) is 0 Å². The second kappa shape index (κ2) is 4.74. The number of hydrogen-bond donors (Lipinski definition) is 0. The molecule has 0 aromatic carbocycles. The molecule has 0 saturated carbocycles. The van der Waals surface area contributed by atoms with Crippen LogP contribution in [0.25, 0.3) is 0 Å². The van der Waals surface area contributed by atoms with Crippen molar-refractivity contribution in [3.8, 4) is 0 Å². The number of rotatable bonds is 1. The molecule has 1 aromatic rings. The quantitative estimate of drug-likeness (QED) is 0.407. The molecule has 0 fully saturated rings. The summed E-state index contributed by atoms with van der Waals surface area (Å²) in [5.74, 6) is 0. The van der Waals surface area contributed by atoms with Gasteiger partial charge < -0.3 is 0 Å². The summed E-state index contributed by atoms with van der Waals surface area (Å²) in [6, 6.07) is 4.38. The van der Waals surface area contributed by atoms with E-state index in [9.17, 15) is 0 Å². The van der Waals surface area contributed by atoms with Crippen LogP contribution in [-0.4, -0.2) is 4.98 Å². The van der Waals surface area contributed by atoms with E-state index in [0.29, 0.717) is 0 Å². The van der Waals surface area contributed by atoms with Crippen LogP contribution in [0.2, 0.25) is 0 Å². The Morgan fingerprint density at radius 2 is 2.31 bits per heavy atom. The summed E-state index contributed by atoms with van der Waals surface area (Å²) in [6.07, 6.45) is 7.01. The van der Waals surface area contributed by atoms with Crippen molar-refractivity contribution < 1.29 is 18.9 Å². The van der Waals surface area contributed by atoms with Gasteiger partial charge in [-0.2, -0.15) is 5.56 Å². The Morgan fingerprint density at radius 3 is 3.08 bits per heavy atom. The fraction of sp³-hybridized carbons (Fsp3) is 0.455. The Morgan fingerprint density at radius 1 is 1.46 bits per heavy atom. The van der Waals surface area contributed by atoms with Crippen LogP contribution in [0.4, 0.5) is 0 Å². The van der Waals surface area contributed by atoms with Crippen LogP contribution in [0.5, 0.6) is 0 Å². The molecule has 13 heavy (non-hydrogen) atoms. The third-order valence-corrected chi connectivity index (χ3v) is 2.42. The number of aryl methyl sites for hydroxylation is 2. The zero-order valence-electron chi connectivity index (χ0n) is 8.51. The molecule has 2 rings (SSSR count). The first-order valence-electron chi connectivity index (χ1n) is 4.72. The third-order valence-electron chi connectivity index (χ3n) is 2.42. The second-order valence-electron chi connectivity index (χ2n) is 3.30. The van der Waals surface area contributed by atoms with Crippen LogP contribution in [0, 0.1) is 6.42 Å². The van der Waals surface area contributed by atoms with E-state index < -0.39 is 0 Å². The van der Waals surface area contributed by atoms with Gasteiger partial charge in [0.2, 0.25) is 0 Å². The summed E-state index contributed by atoms with van der Waals surface area (Å²) in [5, 5.41) is 0. The standard InChI is InChI=1S/C11H14N.Li/c1-2-10-8-7-9-5-3-4-6-11(9)12-10;/h6-8H,2-5H2,1H3;/q-1;+1. The maximum Gasteiger partial charge on any atom is 1.00 e. The SMILES string of the molecule is CCc1ccc2c(n1)[CH-]CCC2.[Li+]. The van der Waals surface area contributed by atoms with E-state index in [-0.39, 0.29) is 18.9 Å². The van der Waals surface area contributed by atoms with Crippen molar-refractivity contribution >= 4 is 0 Å². The molecule has 0 unspecified atom stereocenters. The van der Waals surface area contributed by atoms with Crippen molar-refractivity contribution in [1.29, 1.82) is 0 Å². The Hall–Kier alpha value is -0.383. The van der Waals surface area contributed by atoms with E-state index in [2.05, 4.69) is 30.5 Å². The normalized spacial score (nSPS) is 13.9. The minimum Gasteiger partial charge on any atom is -0.292 e. The zero-order valence-corrected chi connectivity index (χ0v) is 8.51. The van der Waals surface area contributed by atoms with Crippen LogP contribution in [0.3, 0.4) is 0 Å². The van der Waals surface area contributed by atoms with Crippen molar-refractivity contribution in [1.82, 2.24) is 4.98 Å². The largest absolute Gasteiger partial charge is 1.00 e. The molecule has 1 heterocycles. The van der Waals surface area contributed by atoms with Crippen LogP contribution in [0.1, 0.15) is 36.7 Å². The molecule has 0 N–H and O–H groups in total. The molecule has 0 saturated heterocycles. The van der Waals surface area contributed by atoms with Crippen LogP contribution in [-0.2, 0) is 12.8 Å². The van der Waals surface area contributed by atoms with Gasteiger partial charge in [-0.3, -0.25) is 4.98 Å². The molecule has 0 atom stereocenters. The van der Waals surface area contributed by atoms with E-state index >= 15 is 0 Å². The maximum absolute atomic E-state index is 4.58. The zero-order chi connectivity index (χ0) is 8.39. The predicted molar refractivity (Wildman–Crippen MR) is 50.0 cm³/mol. The minimum atomic E-state index is 0. The maximum atomic E-state index is 4.58. The van der Waals surface area contributed by atoms with Gasteiger partial charge in [-0.25, -0.2) is 6.42 Å². The van der Waals surface area contributed by atoms with E-state index in [1.165, 1.54) is 36.2 Å². The van der Waals surface area contributed by atoms with Gasteiger partial charge in [0.15, 0.2) is 0 Å². The Kier molecular flexibility index (Phi) is 3.90. The summed E-state index contributed by atoms with van der Waals surface area (Å²) in [4.78, 5) is 4.58. The molecule has 0 radical (unpaired) electrons. The van der Waals surface area contributed by atoms with Crippen molar-refractivity contribution in [3.05, 3.63) is 35.5 Å². The van der Waals surface area contributed by atoms with Gasteiger partial charge >= 0.3 is 18.9 Å². The molecule has 1 aliphatic carbocycles. The first-order valence-corrected chi connectivity index (χ1v) is 4.72. The summed E-state index contributed by atoms with van der Waals surface area (Å²) in [6.45, 7) is 2.15. The number of aromatic nitrogens is 1. The first kappa shape index (κ1) is 10.7. The van der Waals surface area contributed by atoms with E-state index in [1.807, 2.05) is 0 Å². The molecule has 1 aliphatic rings. The van der Waals surface area contributed by atoms with Gasteiger partial charge in [0.05, 0.1) is 0 Å². The van der Waals surface area contributed by atoms with Gasteiger partial charge in [-0.1, -0.05) is 31.5 Å². The van der Waals surface area contributed by atoms with E-state index in [4.69, 9.17) is 0 Å². The summed E-state index contributed by atoms with van der Waals surface area (Å²) >= 11 is 0. The van der Waals surface area contributed by atoms with Crippen LogP contribution < -0.4 is 18.9 Å². The molecule has 64 valence electrons. The Balaban J connectivity index is 0.000000845. The van der Waals surface area contributed by atoms with Crippen molar-refractivity contribution in [2.45, 2.75) is 32.6 Å². The summed E-state index contributed by atoms with van der Waals surface area (Å²) in [7, 11) is 0. The molecule has 2 heteroatoms. The minimum absolute atomic E-state index is 0. The topological polar surface area (TPSA) is 12.9 Å². The monoisotopic (exact) mass is 167 g/mol. The predicted octanol–water partition coefficient (Wildman–Crippen LogP) is -0.463. The molecular weight excluding hydrogens is 153 g/mol. The van der Waals surface area contributed by atoms with Crippen molar-refractivity contribution in [3.63, 3.8) is 0 Å².